The first-order chi connectivity index (χ1) is 11.7. The van der Waals surface area contributed by atoms with E-state index in [2.05, 4.69) is 12.2 Å². The van der Waals surface area contributed by atoms with Gasteiger partial charge in [0.15, 0.2) is 0 Å². The zero-order chi connectivity index (χ0) is 17.4. The Labute approximate surface area is 147 Å². The van der Waals surface area contributed by atoms with E-state index in [0.29, 0.717) is 18.8 Å². The number of carbonyl (C=O) groups is 1. The topological polar surface area (TPSA) is 47.6 Å². The van der Waals surface area contributed by atoms with Crippen LogP contribution in [-0.4, -0.2) is 25.9 Å². The fourth-order valence-corrected chi connectivity index (χ4v) is 2.86. The highest BCUT2D eigenvalue weighted by Crippen LogP contribution is 2.26. The molecule has 0 heterocycles. The average molecular weight is 345 g/mol. The van der Waals surface area contributed by atoms with Gasteiger partial charge in [-0.15, -0.1) is 11.8 Å². The van der Waals surface area contributed by atoms with Crippen LogP contribution in [0.2, 0.25) is 0 Å². The van der Waals surface area contributed by atoms with Gasteiger partial charge in [-0.2, -0.15) is 0 Å². The van der Waals surface area contributed by atoms with Crippen molar-refractivity contribution >= 4 is 23.4 Å². The zero-order valence-corrected chi connectivity index (χ0v) is 15.1. The Bertz CT molecular complexity index is 688. The van der Waals surface area contributed by atoms with Crippen LogP contribution in [0, 0.1) is 0 Å². The molecule has 5 heteroatoms. The minimum Gasteiger partial charge on any atom is -0.496 e. The SMILES string of the molecule is CCCOCc1cc(C(=O)Nc2ccccc2SC)ccc1OC. The molecule has 1 N–H and O–H groups in total. The Kier molecular flexibility index (Phi) is 7.15. The second-order valence-electron chi connectivity index (χ2n) is 5.23. The molecule has 0 bridgehead atoms. The van der Waals surface area contributed by atoms with Gasteiger partial charge in [-0.25, -0.2) is 0 Å². The predicted molar refractivity (Wildman–Crippen MR) is 99.1 cm³/mol. The van der Waals surface area contributed by atoms with E-state index in [-0.39, 0.29) is 5.91 Å². The lowest BCUT2D eigenvalue weighted by Crippen LogP contribution is -2.13. The third kappa shape index (κ3) is 4.76. The maximum Gasteiger partial charge on any atom is 0.255 e. The van der Waals surface area contributed by atoms with E-state index in [4.69, 9.17) is 9.47 Å². The first kappa shape index (κ1) is 18.4. The lowest BCUT2D eigenvalue weighted by atomic mass is 10.1. The van der Waals surface area contributed by atoms with Gasteiger partial charge in [0.25, 0.3) is 5.91 Å². The van der Waals surface area contributed by atoms with Crippen molar-refractivity contribution in [3.63, 3.8) is 0 Å². The van der Waals surface area contributed by atoms with Crippen molar-refractivity contribution in [2.45, 2.75) is 24.8 Å². The summed E-state index contributed by atoms with van der Waals surface area (Å²) in [4.78, 5) is 13.6. The van der Waals surface area contributed by atoms with E-state index >= 15 is 0 Å². The number of anilines is 1. The molecule has 0 aliphatic heterocycles. The summed E-state index contributed by atoms with van der Waals surface area (Å²) in [6, 6.07) is 13.1. The number of amides is 1. The molecule has 0 radical (unpaired) electrons. The standard InChI is InChI=1S/C19H23NO3S/c1-4-11-23-13-15-12-14(9-10-17(15)22-2)19(21)20-16-7-5-6-8-18(16)24-3/h5-10,12H,4,11,13H2,1-3H3,(H,20,21). The molecule has 0 atom stereocenters. The summed E-state index contributed by atoms with van der Waals surface area (Å²) >= 11 is 1.60. The number of para-hydroxylation sites is 1. The molecule has 2 rings (SSSR count). The molecule has 0 aliphatic rings. The van der Waals surface area contributed by atoms with E-state index in [1.54, 1.807) is 31.0 Å². The van der Waals surface area contributed by atoms with Crippen molar-refractivity contribution < 1.29 is 14.3 Å². The lowest BCUT2D eigenvalue weighted by Gasteiger charge is -2.12. The van der Waals surface area contributed by atoms with E-state index in [0.717, 1.165) is 28.3 Å². The van der Waals surface area contributed by atoms with Crippen molar-refractivity contribution in [3.05, 3.63) is 53.6 Å². The van der Waals surface area contributed by atoms with Gasteiger partial charge in [0.1, 0.15) is 5.75 Å². The monoisotopic (exact) mass is 345 g/mol. The third-order valence-electron chi connectivity index (χ3n) is 3.50. The molecular weight excluding hydrogens is 322 g/mol. The Balaban J connectivity index is 2.18. The number of rotatable bonds is 8. The van der Waals surface area contributed by atoms with Crippen LogP contribution >= 0.6 is 11.8 Å². The smallest absolute Gasteiger partial charge is 0.255 e. The Morgan fingerprint density at radius 2 is 2.00 bits per heavy atom. The van der Waals surface area contributed by atoms with E-state index in [9.17, 15) is 4.79 Å². The molecule has 2 aromatic carbocycles. The summed E-state index contributed by atoms with van der Waals surface area (Å²) in [5, 5.41) is 2.97. The fourth-order valence-electron chi connectivity index (χ4n) is 2.30. The van der Waals surface area contributed by atoms with Crippen molar-refractivity contribution in [1.82, 2.24) is 0 Å². The highest BCUT2D eigenvalue weighted by molar-refractivity contribution is 7.98. The normalized spacial score (nSPS) is 10.5. The van der Waals surface area contributed by atoms with Gasteiger partial charge >= 0.3 is 0 Å². The molecule has 0 saturated heterocycles. The second-order valence-corrected chi connectivity index (χ2v) is 6.08. The molecule has 0 fully saturated rings. The summed E-state index contributed by atoms with van der Waals surface area (Å²) in [6.45, 7) is 3.17. The van der Waals surface area contributed by atoms with Gasteiger partial charge in [-0.3, -0.25) is 4.79 Å². The van der Waals surface area contributed by atoms with E-state index in [1.807, 2.05) is 36.6 Å². The van der Waals surface area contributed by atoms with E-state index in [1.165, 1.54) is 0 Å². The minimum atomic E-state index is -0.143. The molecule has 2 aromatic rings. The maximum atomic E-state index is 12.6. The highest BCUT2D eigenvalue weighted by atomic mass is 32.2. The van der Waals surface area contributed by atoms with Crippen LogP contribution in [0.3, 0.4) is 0 Å². The second kappa shape index (κ2) is 9.35. The molecule has 0 aliphatic carbocycles. The number of nitrogens with one attached hydrogen (secondary N) is 1. The molecule has 0 spiro atoms. The molecular formula is C19H23NO3S. The van der Waals surface area contributed by atoms with Gasteiger partial charge in [-0.05, 0) is 43.0 Å². The van der Waals surface area contributed by atoms with E-state index < -0.39 is 0 Å². The minimum absolute atomic E-state index is 0.143. The molecule has 128 valence electrons. The Morgan fingerprint density at radius 1 is 1.21 bits per heavy atom. The molecule has 0 saturated carbocycles. The number of benzene rings is 2. The van der Waals surface area contributed by atoms with Gasteiger partial charge in [0.2, 0.25) is 0 Å². The number of hydrogen-bond donors (Lipinski definition) is 1. The highest BCUT2D eigenvalue weighted by Gasteiger charge is 2.12. The maximum absolute atomic E-state index is 12.6. The quantitative estimate of drug-likeness (QED) is 0.561. The first-order valence-electron chi connectivity index (χ1n) is 7.88. The number of methoxy groups -OCH3 is 1. The summed E-state index contributed by atoms with van der Waals surface area (Å²) in [6.07, 6.45) is 2.94. The fraction of sp³-hybridized carbons (Fsp3) is 0.316. The van der Waals surface area contributed by atoms with Crippen LogP contribution < -0.4 is 10.1 Å². The average Bonchev–Trinajstić information content (AvgIpc) is 2.62. The molecule has 0 aromatic heterocycles. The van der Waals surface area contributed by atoms with Crippen LogP contribution in [-0.2, 0) is 11.3 Å². The Morgan fingerprint density at radius 3 is 2.71 bits per heavy atom. The number of ether oxygens (including phenoxy) is 2. The van der Waals surface area contributed by atoms with Gasteiger partial charge in [0, 0.05) is 22.6 Å². The van der Waals surface area contributed by atoms with Crippen LogP contribution in [0.4, 0.5) is 5.69 Å². The van der Waals surface area contributed by atoms with Crippen LogP contribution in [0.5, 0.6) is 5.75 Å². The summed E-state index contributed by atoms with van der Waals surface area (Å²) in [7, 11) is 1.62. The van der Waals surface area contributed by atoms with Gasteiger partial charge in [0.05, 0.1) is 19.4 Å². The Hall–Kier alpha value is -1.98. The molecule has 24 heavy (non-hydrogen) atoms. The summed E-state index contributed by atoms with van der Waals surface area (Å²) in [5.41, 5.74) is 2.27. The van der Waals surface area contributed by atoms with Crippen molar-refractivity contribution in [2.24, 2.45) is 0 Å². The zero-order valence-electron chi connectivity index (χ0n) is 14.3. The van der Waals surface area contributed by atoms with Crippen molar-refractivity contribution in [2.75, 3.05) is 25.3 Å². The predicted octanol–water partition coefficient (Wildman–Crippen LogP) is 4.60. The lowest BCUT2D eigenvalue weighted by molar-refractivity contribution is 0.102. The van der Waals surface area contributed by atoms with Crippen molar-refractivity contribution in [3.8, 4) is 5.75 Å². The number of thioether (sulfide) groups is 1. The van der Waals surface area contributed by atoms with Gasteiger partial charge < -0.3 is 14.8 Å². The van der Waals surface area contributed by atoms with Gasteiger partial charge in [-0.1, -0.05) is 19.1 Å². The largest absolute Gasteiger partial charge is 0.496 e. The van der Waals surface area contributed by atoms with Crippen LogP contribution in [0.15, 0.2) is 47.4 Å². The molecule has 1 amide bonds. The summed E-state index contributed by atoms with van der Waals surface area (Å²) < 4.78 is 10.9. The molecule has 4 nitrogen and oxygen atoms in total. The number of hydrogen-bond acceptors (Lipinski definition) is 4. The first-order valence-corrected chi connectivity index (χ1v) is 9.11. The summed E-state index contributed by atoms with van der Waals surface area (Å²) in [5.74, 6) is 0.586. The van der Waals surface area contributed by atoms with Crippen molar-refractivity contribution in [1.29, 1.82) is 0 Å². The third-order valence-corrected chi connectivity index (χ3v) is 4.30. The van der Waals surface area contributed by atoms with Crippen LogP contribution in [0.1, 0.15) is 29.3 Å². The van der Waals surface area contributed by atoms with Crippen LogP contribution in [0.25, 0.3) is 0 Å². The number of carbonyl (C=O) groups excluding carboxylic acids is 1. The molecule has 0 unspecified atom stereocenters.